The summed E-state index contributed by atoms with van der Waals surface area (Å²) < 4.78 is 63.7. The van der Waals surface area contributed by atoms with Gasteiger partial charge in [-0.2, -0.15) is 13.2 Å². The summed E-state index contributed by atoms with van der Waals surface area (Å²) >= 11 is 0. The normalized spacial score (nSPS) is 12.1. The van der Waals surface area contributed by atoms with Gasteiger partial charge in [0, 0.05) is 20.1 Å². The minimum atomic E-state index is -4.37. The van der Waals surface area contributed by atoms with Gasteiger partial charge in [-0.25, -0.2) is 13.6 Å². The van der Waals surface area contributed by atoms with Crippen LogP contribution < -0.4 is 20.5 Å². The molecule has 0 unspecified atom stereocenters. The molecule has 0 spiro atoms. The molecule has 0 saturated carbocycles. The molecule has 2 aromatic carbocycles. The summed E-state index contributed by atoms with van der Waals surface area (Å²) in [6.07, 6.45) is -3.74. The second-order valence-corrected chi connectivity index (χ2v) is 7.90. The van der Waals surface area contributed by atoms with Gasteiger partial charge in [0.1, 0.15) is 5.75 Å². The van der Waals surface area contributed by atoms with Crippen molar-refractivity contribution in [2.24, 2.45) is 10.1 Å². The number of ether oxygens (including phenoxy) is 1. The highest BCUT2D eigenvalue weighted by atomic mass is 127. The summed E-state index contributed by atoms with van der Waals surface area (Å²) in [6, 6.07) is 12.6. The molecular formula is C19H24F3IN4O3S. The lowest BCUT2D eigenvalue weighted by Crippen LogP contribution is -2.37. The molecule has 2 rings (SSSR count). The number of hydrogen-bond donors (Lipinski definition) is 3. The number of aliphatic imine (C=N–C) groups is 1. The molecule has 0 aliphatic heterocycles. The van der Waals surface area contributed by atoms with Gasteiger partial charge in [0.2, 0.25) is 10.0 Å². The second-order valence-electron chi connectivity index (χ2n) is 6.34. The largest absolute Gasteiger partial charge is 0.484 e. The van der Waals surface area contributed by atoms with Crippen molar-refractivity contribution in [1.29, 1.82) is 0 Å². The molecule has 4 N–H and O–H groups in total. The van der Waals surface area contributed by atoms with Gasteiger partial charge in [-0.15, -0.1) is 24.0 Å². The highest BCUT2D eigenvalue weighted by molar-refractivity contribution is 14.0. The van der Waals surface area contributed by atoms with Crippen molar-refractivity contribution in [3.63, 3.8) is 0 Å². The van der Waals surface area contributed by atoms with Gasteiger partial charge >= 0.3 is 6.18 Å². The topological polar surface area (TPSA) is 106 Å². The standard InChI is InChI=1S/C19H23F3N4O3S.HI/c1-24-18(25-11-10-14-4-8-17(9-5-14)30(23,27)28)26-12-15-2-6-16(7-3-15)29-13-19(20,21)22;/h2-9H,10-13H2,1H3,(H2,23,27,28)(H2,24,25,26);1H. The first-order chi connectivity index (χ1) is 14.1. The van der Waals surface area contributed by atoms with Crippen LogP contribution in [0.4, 0.5) is 13.2 Å². The highest BCUT2D eigenvalue weighted by Crippen LogP contribution is 2.18. The zero-order chi connectivity index (χ0) is 22.2. The molecular weight excluding hydrogens is 548 g/mol. The van der Waals surface area contributed by atoms with Gasteiger partial charge in [-0.05, 0) is 41.8 Å². The minimum Gasteiger partial charge on any atom is -0.484 e. The Balaban J connectivity index is 0.00000480. The van der Waals surface area contributed by atoms with Gasteiger partial charge in [0.15, 0.2) is 12.6 Å². The third kappa shape index (κ3) is 10.2. The van der Waals surface area contributed by atoms with Gasteiger partial charge in [-0.3, -0.25) is 4.99 Å². The molecule has 172 valence electrons. The molecule has 0 fully saturated rings. The maximum absolute atomic E-state index is 12.2. The Labute approximate surface area is 196 Å². The van der Waals surface area contributed by atoms with Crippen LogP contribution in [0.1, 0.15) is 11.1 Å². The predicted octanol–water partition coefficient (Wildman–Crippen LogP) is 2.80. The fourth-order valence-corrected chi connectivity index (χ4v) is 2.96. The Morgan fingerprint density at radius 1 is 1.03 bits per heavy atom. The first kappa shape index (κ1) is 27.0. The summed E-state index contributed by atoms with van der Waals surface area (Å²) in [7, 11) is -2.09. The summed E-state index contributed by atoms with van der Waals surface area (Å²) in [5, 5.41) is 11.3. The number of nitrogens with two attached hydrogens (primary N) is 1. The number of benzene rings is 2. The smallest absolute Gasteiger partial charge is 0.422 e. The molecule has 0 bridgehead atoms. The second kappa shape index (κ2) is 12.1. The van der Waals surface area contributed by atoms with Crippen LogP contribution in [0.2, 0.25) is 0 Å². The summed E-state index contributed by atoms with van der Waals surface area (Å²) in [4.78, 5) is 4.17. The maximum Gasteiger partial charge on any atom is 0.422 e. The maximum atomic E-state index is 12.2. The zero-order valence-electron chi connectivity index (χ0n) is 16.6. The number of guanidine groups is 1. The number of rotatable bonds is 8. The number of primary sulfonamides is 1. The molecule has 0 radical (unpaired) electrons. The van der Waals surface area contributed by atoms with E-state index in [-0.39, 0.29) is 34.6 Å². The number of alkyl halides is 3. The van der Waals surface area contributed by atoms with Gasteiger partial charge in [-0.1, -0.05) is 24.3 Å². The highest BCUT2D eigenvalue weighted by Gasteiger charge is 2.28. The van der Waals surface area contributed by atoms with E-state index in [1.807, 2.05) is 0 Å². The average molecular weight is 572 g/mol. The Bertz CT molecular complexity index is 951. The number of nitrogens with one attached hydrogen (secondary N) is 2. The summed E-state index contributed by atoms with van der Waals surface area (Å²) in [5.41, 5.74) is 1.77. The molecule has 0 aliphatic carbocycles. The lowest BCUT2D eigenvalue weighted by molar-refractivity contribution is -0.153. The molecule has 0 atom stereocenters. The predicted molar refractivity (Wildman–Crippen MR) is 123 cm³/mol. The van der Waals surface area contributed by atoms with Crippen LogP contribution in [-0.4, -0.2) is 40.8 Å². The summed E-state index contributed by atoms with van der Waals surface area (Å²) in [5.74, 6) is 0.695. The van der Waals surface area contributed by atoms with Crippen molar-refractivity contribution in [1.82, 2.24) is 10.6 Å². The monoisotopic (exact) mass is 572 g/mol. The number of sulfonamides is 1. The third-order valence-corrected chi connectivity index (χ3v) is 4.90. The van der Waals surface area contributed by atoms with Crippen LogP contribution >= 0.6 is 24.0 Å². The first-order valence-electron chi connectivity index (χ1n) is 8.91. The van der Waals surface area contributed by atoms with Crippen molar-refractivity contribution in [3.05, 3.63) is 59.7 Å². The van der Waals surface area contributed by atoms with E-state index in [0.717, 1.165) is 11.1 Å². The molecule has 0 saturated heterocycles. The van der Waals surface area contributed by atoms with Crippen LogP contribution in [0, 0.1) is 0 Å². The van der Waals surface area contributed by atoms with Crippen molar-refractivity contribution in [3.8, 4) is 5.75 Å². The Morgan fingerprint density at radius 2 is 1.61 bits per heavy atom. The fourth-order valence-electron chi connectivity index (χ4n) is 2.45. The Hall–Kier alpha value is -2.06. The SMILES string of the molecule is CN=C(NCCc1ccc(S(N)(=O)=O)cc1)NCc1ccc(OCC(F)(F)F)cc1.I. The van der Waals surface area contributed by atoms with E-state index < -0.39 is 22.8 Å². The molecule has 7 nitrogen and oxygen atoms in total. The van der Waals surface area contributed by atoms with E-state index in [1.54, 1.807) is 31.3 Å². The Kier molecular flexibility index (Phi) is 10.5. The van der Waals surface area contributed by atoms with E-state index >= 15 is 0 Å². The Morgan fingerprint density at radius 3 is 2.13 bits per heavy atom. The molecule has 12 heteroatoms. The molecule has 0 aliphatic rings. The first-order valence-corrected chi connectivity index (χ1v) is 10.5. The third-order valence-electron chi connectivity index (χ3n) is 3.97. The minimum absolute atomic E-state index is 0. The summed E-state index contributed by atoms with van der Waals surface area (Å²) in [6.45, 7) is -0.354. The van der Waals surface area contributed by atoms with Crippen molar-refractivity contribution < 1.29 is 26.3 Å². The van der Waals surface area contributed by atoms with Crippen molar-refractivity contribution in [2.75, 3.05) is 20.2 Å². The fraction of sp³-hybridized carbons (Fsp3) is 0.316. The average Bonchev–Trinajstić information content (AvgIpc) is 2.69. The van der Waals surface area contributed by atoms with Crippen LogP contribution in [-0.2, 0) is 23.0 Å². The van der Waals surface area contributed by atoms with E-state index in [0.29, 0.717) is 25.5 Å². The van der Waals surface area contributed by atoms with Gasteiger partial charge < -0.3 is 15.4 Å². The molecule has 31 heavy (non-hydrogen) atoms. The zero-order valence-corrected chi connectivity index (χ0v) is 19.8. The molecule has 0 heterocycles. The molecule has 0 amide bonds. The van der Waals surface area contributed by atoms with E-state index in [2.05, 4.69) is 20.4 Å². The van der Waals surface area contributed by atoms with E-state index in [1.165, 1.54) is 24.3 Å². The van der Waals surface area contributed by atoms with Crippen molar-refractivity contribution >= 4 is 40.0 Å². The van der Waals surface area contributed by atoms with Crippen molar-refractivity contribution in [2.45, 2.75) is 24.0 Å². The van der Waals surface area contributed by atoms with E-state index in [9.17, 15) is 21.6 Å². The lowest BCUT2D eigenvalue weighted by Gasteiger charge is -2.13. The lowest BCUT2D eigenvalue weighted by atomic mass is 10.1. The molecule has 0 aromatic heterocycles. The van der Waals surface area contributed by atoms with Crippen LogP contribution in [0.3, 0.4) is 0 Å². The molecule has 2 aromatic rings. The number of hydrogen-bond acceptors (Lipinski definition) is 4. The van der Waals surface area contributed by atoms with Gasteiger partial charge in [0.05, 0.1) is 4.90 Å². The quantitative estimate of drug-likeness (QED) is 0.257. The number of halogens is 4. The van der Waals surface area contributed by atoms with Crippen LogP contribution in [0.15, 0.2) is 58.4 Å². The van der Waals surface area contributed by atoms with E-state index in [4.69, 9.17) is 5.14 Å². The number of nitrogens with zero attached hydrogens (tertiary/aromatic N) is 1. The van der Waals surface area contributed by atoms with Gasteiger partial charge in [0.25, 0.3) is 0 Å². The van der Waals surface area contributed by atoms with Crippen LogP contribution in [0.25, 0.3) is 0 Å². The van der Waals surface area contributed by atoms with Crippen LogP contribution in [0.5, 0.6) is 5.75 Å².